The van der Waals surface area contributed by atoms with Crippen LogP contribution in [0.2, 0.25) is 0 Å². The average Bonchev–Trinajstić information content (AvgIpc) is 2.82. The van der Waals surface area contributed by atoms with Gasteiger partial charge in [-0.05, 0) is 43.9 Å². The van der Waals surface area contributed by atoms with Gasteiger partial charge in [-0.25, -0.2) is 4.98 Å². The highest BCUT2D eigenvalue weighted by molar-refractivity contribution is 7.22. The number of benzene rings is 1. The van der Waals surface area contributed by atoms with Crippen LogP contribution in [0.3, 0.4) is 0 Å². The van der Waals surface area contributed by atoms with Gasteiger partial charge in [-0.3, -0.25) is 0 Å². The summed E-state index contributed by atoms with van der Waals surface area (Å²) in [7, 11) is 0. The third-order valence-corrected chi connectivity index (χ3v) is 4.40. The summed E-state index contributed by atoms with van der Waals surface area (Å²) in [5.41, 5.74) is 7.57. The van der Waals surface area contributed by atoms with Crippen LogP contribution in [0.5, 0.6) is 0 Å². The van der Waals surface area contributed by atoms with E-state index in [-0.39, 0.29) is 0 Å². The molecule has 1 fully saturated rings. The third-order valence-electron chi connectivity index (χ3n) is 3.43. The molecule has 19 heavy (non-hydrogen) atoms. The fraction of sp³-hybridized carbons (Fsp3) is 0.500. The third kappa shape index (κ3) is 3.16. The van der Waals surface area contributed by atoms with E-state index in [0.29, 0.717) is 6.10 Å². The molecular weight excluding hydrogens is 258 g/mol. The molecule has 0 radical (unpaired) electrons. The van der Waals surface area contributed by atoms with Crippen molar-refractivity contribution in [2.45, 2.75) is 31.8 Å². The molecule has 1 atom stereocenters. The molecule has 3 N–H and O–H groups in total. The van der Waals surface area contributed by atoms with Crippen LogP contribution in [0.25, 0.3) is 10.2 Å². The molecule has 1 aromatic heterocycles. The number of nitrogens with two attached hydrogens (primary N) is 1. The molecule has 4 nitrogen and oxygen atoms in total. The fourth-order valence-corrected chi connectivity index (χ4v) is 3.33. The molecule has 0 amide bonds. The molecule has 102 valence electrons. The van der Waals surface area contributed by atoms with Crippen LogP contribution < -0.4 is 11.1 Å². The highest BCUT2D eigenvalue weighted by Gasteiger charge is 2.13. The van der Waals surface area contributed by atoms with Crippen LogP contribution in [-0.2, 0) is 4.74 Å². The summed E-state index contributed by atoms with van der Waals surface area (Å²) in [6, 6.07) is 5.83. The molecular formula is C14H19N3OS. The number of hydrogen-bond acceptors (Lipinski definition) is 5. The maximum Gasteiger partial charge on any atom is 0.183 e. The largest absolute Gasteiger partial charge is 0.399 e. The van der Waals surface area contributed by atoms with Crippen LogP contribution in [0.4, 0.5) is 10.8 Å². The number of rotatable bonds is 4. The molecule has 1 aromatic carbocycles. The van der Waals surface area contributed by atoms with Crippen LogP contribution in [0, 0.1) is 0 Å². The van der Waals surface area contributed by atoms with Crippen molar-refractivity contribution in [2.75, 3.05) is 24.2 Å². The maximum atomic E-state index is 5.77. The SMILES string of the molecule is Nc1ccc2nc(NCCC3CCCCO3)sc2c1. The number of hydrogen-bond donors (Lipinski definition) is 2. The Hall–Kier alpha value is -1.33. The molecule has 1 aliphatic heterocycles. The second kappa shape index (κ2) is 5.75. The van der Waals surface area contributed by atoms with Gasteiger partial charge in [-0.1, -0.05) is 11.3 Å². The van der Waals surface area contributed by atoms with E-state index < -0.39 is 0 Å². The van der Waals surface area contributed by atoms with E-state index in [1.165, 1.54) is 19.3 Å². The minimum Gasteiger partial charge on any atom is -0.399 e. The van der Waals surface area contributed by atoms with E-state index >= 15 is 0 Å². The predicted octanol–water partition coefficient (Wildman–Crippen LogP) is 3.25. The van der Waals surface area contributed by atoms with Gasteiger partial charge in [0.05, 0.1) is 16.3 Å². The topological polar surface area (TPSA) is 60.2 Å². The number of nitrogens with one attached hydrogen (secondary N) is 1. The van der Waals surface area contributed by atoms with Crippen molar-refractivity contribution in [3.05, 3.63) is 18.2 Å². The van der Waals surface area contributed by atoms with Crippen molar-refractivity contribution >= 4 is 32.4 Å². The number of nitrogens with zero attached hydrogens (tertiary/aromatic N) is 1. The molecule has 5 heteroatoms. The van der Waals surface area contributed by atoms with Crippen molar-refractivity contribution in [3.8, 4) is 0 Å². The van der Waals surface area contributed by atoms with E-state index in [1.54, 1.807) is 11.3 Å². The van der Waals surface area contributed by atoms with Crippen molar-refractivity contribution in [2.24, 2.45) is 0 Å². The molecule has 0 saturated carbocycles. The van der Waals surface area contributed by atoms with Gasteiger partial charge < -0.3 is 15.8 Å². The first-order chi connectivity index (χ1) is 9.31. The Morgan fingerprint density at radius 2 is 2.37 bits per heavy atom. The zero-order valence-corrected chi connectivity index (χ0v) is 11.7. The first kappa shape index (κ1) is 12.7. The van der Waals surface area contributed by atoms with E-state index in [4.69, 9.17) is 10.5 Å². The van der Waals surface area contributed by atoms with Crippen LogP contribution >= 0.6 is 11.3 Å². The molecule has 1 aliphatic rings. The number of nitrogen functional groups attached to an aromatic ring is 1. The lowest BCUT2D eigenvalue weighted by atomic mass is 10.1. The first-order valence-electron chi connectivity index (χ1n) is 6.83. The Balaban J connectivity index is 1.56. The summed E-state index contributed by atoms with van der Waals surface area (Å²) in [6.07, 6.45) is 5.18. The standard InChI is InChI=1S/C14H19N3OS/c15-10-4-5-12-13(9-10)19-14(17-12)16-7-6-11-3-1-2-8-18-11/h4-5,9,11H,1-3,6-8,15H2,(H,16,17). The molecule has 1 saturated heterocycles. The van der Waals surface area contributed by atoms with Crippen molar-refractivity contribution < 1.29 is 4.74 Å². The zero-order chi connectivity index (χ0) is 13.1. The number of anilines is 2. The minimum atomic E-state index is 0.422. The monoisotopic (exact) mass is 277 g/mol. The Kier molecular flexibility index (Phi) is 3.84. The van der Waals surface area contributed by atoms with Crippen LogP contribution in [0.15, 0.2) is 18.2 Å². The highest BCUT2D eigenvalue weighted by atomic mass is 32.1. The van der Waals surface area contributed by atoms with Gasteiger partial charge in [0.2, 0.25) is 0 Å². The Labute approximate surface area is 117 Å². The molecule has 0 aliphatic carbocycles. The fourth-order valence-electron chi connectivity index (χ4n) is 2.39. The summed E-state index contributed by atoms with van der Waals surface area (Å²) >= 11 is 1.66. The molecule has 3 rings (SSSR count). The quantitative estimate of drug-likeness (QED) is 0.842. The molecule has 1 unspecified atom stereocenters. The molecule has 2 aromatic rings. The molecule has 0 bridgehead atoms. The first-order valence-corrected chi connectivity index (χ1v) is 7.64. The lowest BCUT2D eigenvalue weighted by Gasteiger charge is -2.22. The predicted molar refractivity (Wildman–Crippen MR) is 80.7 cm³/mol. The lowest BCUT2D eigenvalue weighted by Crippen LogP contribution is -2.21. The normalized spacial score (nSPS) is 19.7. The number of fused-ring (bicyclic) bond motifs is 1. The number of aromatic nitrogens is 1. The number of ether oxygens (including phenoxy) is 1. The van der Waals surface area contributed by atoms with Crippen molar-refractivity contribution in [1.29, 1.82) is 0 Å². The summed E-state index contributed by atoms with van der Waals surface area (Å²) in [5.74, 6) is 0. The van der Waals surface area contributed by atoms with E-state index in [9.17, 15) is 0 Å². The second-order valence-corrected chi connectivity index (χ2v) is 5.98. The second-order valence-electron chi connectivity index (χ2n) is 4.95. The van der Waals surface area contributed by atoms with Gasteiger partial charge in [-0.15, -0.1) is 0 Å². The average molecular weight is 277 g/mol. The smallest absolute Gasteiger partial charge is 0.183 e. The van der Waals surface area contributed by atoms with E-state index in [0.717, 1.165) is 40.6 Å². The van der Waals surface area contributed by atoms with E-state index in [2.05, 4.69) is 10.3 Å². The van der Waals surface area contributed by atoms with Gasteiger partial charge >= 0.3 is 0 Å². The summed E-state index contributed by atoms with van der Waals surface area (Å²) in [6.45, 7) is 1.84. The Bertz CT molecular complexity index is 549. The van der Waals surface area contributed by atoms with Crippen molar-refractivity contribution in [3.63, 3.8) is 0 Å². The van der Waals surface area contributed by atoms with Gasteiger partial charge in [0.1, 0.15) is 0 Å². The lowest BCUT2D eigenvalue weighted by molar-refractivity contribution is 0.0134. The van der Waals surface area contributed by atoms with Gasteiger partial charge in [0.15, 0.2) is 5.13 Å². The summed E-state index contributed by atoms with van der Waals surface area (Å²) in [5, 5.41) is 4.36. The van der Waals surface area contributed by atoms with Crippen LogP contribution in [-0.4, -0.2) is 24.2 Å². The summed E-state index contributed by atoms with van der Waals surface area (Å²) in [4.78, 5) is 4.55. The Morgan fingerprint density at radius 3 is 3.21 bits per heavy atom. The zero-order valence-electron chi connectivity index (χ0n) is 10.9. The maximum absolute atomic E-state index is 5.77. The number of thiazole rings is 1. The van der Waals surface area contributed by atoms with Gasteiger partial charge in [0.25, 0.3) is 0 Å². The van der Waals surface area contributed by atoms with Gasteiger partial charge in [-0.2, -0.15) is 0 Å². The van der Waals surface area contributed by atoms with Crippen LogP contribution in [0.1, 0.15) is 25.7 Å². The molecule has 0 spiro atoms. The summed E-state index contributed by atoms with van der Waals surface area (Å²) < 4.78 is 6.85. The van der Waals surface area contributed by atoms with Gasteiger partial charge in [0, 0.05) is 18.8 Å². The minimum absolute atomic E-state index is 0.422. The highest BCUT2D eigenvalue weighted by Crippen LogP contribution is 2.27. The van der Waals surface area contributed by atoms with Crippen molar-refractivity contribution in [1.82, 2.24) is 4.98 Å². The van der Waals surface area contributed by atoms with E-state index in [1.807, 2.05) is 18.2 Å². The molecule has 2 heterocycles. The Morgan fingerprint density at radius 1 is 1.42 bits per heavy atom.